The number of nitrogen functional groups attached to an aromatic ring is 1. The van der Waals surface area contributed by atoms with Crippen LogP contribution in [0.2, 0.25) is 10.0 Å². The van der Waals surface area contributed by atoms with Crippen LogP contribution in [0.4, 0.5) is 5.82 Å². The van der Waals surface area contributed by atoms with Crippen LogP contribution in [0, 0.1) is 0 Å². The first kappa shape index (κ1) is 22.1. The maximum Gasteiger partial charge on any atom is 0.264 e. The van der Waals surface area contributed by atoms with Crippen LogP contribution in [-0.4, -0.2) is 28.6 Å². The van der Waals surface area contributed by atoms with E-state index in [1.165, 1.54) is 11.8 Å². The third-order valence-corrected chi connectivity index (χ3v) is 6.38. The van der Waals surface area contributed by atoms with Crippen LogP contribution < -0.4 is 20.8 Å². The van der Waals surface area contributed by atoms with Crippen molar-refractivity contribution in [1.82, 2.24) is 14.3 Å². The van der Waals surface area contributed by atoms with Crippen LogP contribution in [0.15, 0.2) is 65.5 Å². The molecule has 0 aliphatic carbocycles. The Kier molecular flexibility index (Phi) is 5.59. The minimum absolute atomic E-state index is 0.181. The van der Waals surface area contributed by atoms with E-state index in [0.29, 0.717) is 38.9 Å². The van der Waals surface area contributed by atoms with Crippen molar-refractivity contribution in [3.63, 3.8) is 0 Å². The van der Waals surface area contributed by atoms with Gasteiger partial charge in [0.25, 0.3) is 5.56 Å². The molecular formula is C25H20Cl2N4O3. The molecule has 5 aromatic rings. The van der Waals surface area contributed by atoms with Crippen LogP contribution in [0.5, 0.6) is 11.5 Å². The highest BCUT2D eigenvalue weighted by atomic mass is 35.5. The number of hydrogen-bond acceptors (Lipinski definition) is 5. The van der Waals surface area contributed by atoms with Gasteiger partial charge in [0, 0.05) is 11.5 Å². The van der Waals surface area contributed by atoms with Gasteiger partial charge in [-0.15, -0.1) is 0 Å². The predicted octanol–water partition coefficient (Wildman–Crippen LogP) is 5.29. The minimum Gasteiger partial charge on any atom is -0.497 e. The van der Waals surface area contributed by atoms with Gasteiger partial charge < -0.3 is 19.8 Å². The molecule has 0 unspecified atom stereocenters. The summed E-state index contributed by atoms with van der Waals surface area (Å²) in [4.78, 5) is 13.7. The molecule has 0 fully saturated rings. The normalized spacial score (nSPS) is 11.3. The van der Waals surface area contributed by atoms with Crippen LogP contribution in [0.1, 0.15) is 5.56 Å². The zero-order valence-corrected chi connectivity index (χ0v) is 19.9. The Labute approximate surface area is 204 Å². The third-order valence-electron chi connectivity index (χ3n) is 5.78. The van der Waals surface area contributed by atoms with Crippen molar-refractivity contribution in [2.45, 2.75) is 6.54 Å². The van der Waals surface area contributed by atoms with E-state index in [1.807, 2.05) is 48.5 Å². The van der Waals surface area contributed by atoms with Crippen molar-refractivity contribution in [3.8, 4) is 17.2 Å². The van der Waals surface area contributed by atoms with Crippen LogP contribution >= 0.6 is 23.2 Å². The van der Waals surface area contributed by atoms with Crippen molar-refractivity contribution >= 4 is 50.8 Å². The lowest BCUT2D eigenvalue weighted by molar-refractivity contribution is 0.414. The van der Waals surface area contributed by atoms with E-state index in [4.69, 9.17) is 38.4 Å². The number of hydrogen-bond donors (Lipinski definition) is 1. The summed E-state index contributed by atoms with van der Waals surface area (Å²) in [5, 5.41) is 6.49. The molecule has 0 spiro atoms. The average molecular weight is 495 g/mol. The fourth-order valence-corrected chi connectivity index (χ4v) is 4.62. The maximum atomic E-state index is 13.7. The molecule has 3 aromatic carbocycles. The number of fused-ring (bicyclic) bond motifs is 3. The van der Waals surface area contributed by atoms with Crippen molar-refractivity contribution in [1.29, 1.82) is 0 Å². The Hall–Kier alpha value is -3.68. The molecule has 0 saturated heterocycles. The molecule has 2 aromatic heterocycles. The number of benzene rings is 3. The topological polar surface area (TPSA) is 84.3 Å². The Morgan fingerprint density at radius 1 is 0.971 bits per heavy atom. The molecule has 9 heteroatoms. The van der Waals surface area contributed by atoms with Gasteiger partial charge in [0.05, 0.1) is 42.0 Å². The monoisotopic (exact) mass is 494 g/mol. The maximum absolute atomic E-state index is 13.7. The fraction of sp³-hybridized carbons (Fsp3) is 0.120. The number of para-hydroxylation sites is 1. The summed E-state index contributed by atoms with van der Waals surface area (Å²) in [5.41, 5.74) is 8.91. The molecule has 0 aliphatic rings. The molecule has 0 aliphatic heterocycles. The third kappa shape index (κ3) is 3.54. The second kappa shape index (κ2) is 8.59. The first-order valence-electron chi connectivity index (χ1n) is 10.4. The number of nitrogens with two attached hydrogens (primary N) is 1. The molecular weight excluding hydrogens is 475 g/mol. The molecule has 0 bridgehead atoms. The van der Waals surface area contributed by atoms with Gasteiger partial charge in [-0.3, -0.25) is 4.79 Å². The summed E-state index contributed by atoms with van der Waals surface area (Å²) < 4.78 is 13.7. The molecule has 5 rings (SSSR count). The standard InChI is InChI=1S/C25H20Cl2N4O3/c1-33-15-9-7-14(8-10-15)13-30-19-6-4-3-5-16(19)23-22(25(30)32)24(28)31(29-23)20-12-21(34-2)18(27)11-17(20)26/h3-12H,13,28H2,1-2H3. The van der Waals surface area contributed by atoms with Gasteiger partial charge in [0.15, 0.2) is 0 Å². The zero-order chi connectivity index (χ0) is 24.0. The number of anilines is 1. The quantitative estimate of drug-likeness (QED) is 0.358. The fourth-order valence-electron chi connectivity index (χ4n) is 4.08. The van der Waals surface area contributed by atoms with Gasteiger partial charge in [0.2, 0.25) is 0 Å². The highest BCUT2D eigenvalue weighted by molar-refractivity contribution is 6.36. The lowest BCUT2D eigenvalue weighted by Gasteiger charge is -2.12. The average Bonchev–Trinajstić information content (AvgIpc) is 3.19. The second-order valence-corrected chi connectivity index (χ2v) is 8.53. The number of ether oxygens (including phenoxy) is 2. The SMILES string of the molecule is COc1ccc(Cn2c(=O)c3c(N)n(-c4cc(OC)c(Cl)cc4Cl)nc3c3ccccc32)cc1. The van der Waals surface area contributed by atoms with Crippen molar-refractivity contribution < 1.29 is 9.47 Å². The minimum atomic E-state index is -0.245. The molecule has 7 nitrogen and oxygen atoms in total. The van der Waals surface area contributed by atoms with Gasteiger partial charge in [-0.05, 0) is 29.8 Å². The van der Waals surface area contributed by atoms with Gasteiger partial charge in [-0.2, -0.15) is 5.10 Å². The van der Waals surface area contributed by atoms with E-state index in [1.54, 1.807) is 23.8 Å². The van der Waals surface area contributed by atoms with Crippen molar-refractivity contribution in [3.05, 3.63) is 86.6 Å². The van der Waals surface area contributed by atoms with Crippen molar-refractivity contribution in [2.24, 2.45) is 0 Å². The van der Waals surface area contributed by atoms with Gasteiger partial charge >= 0.3 is 0 Å². The first-order chi connectivity index (χ1) is 16.4. The molecule has 0 atom stereocenters. The van der Waals surface area contributed by atoms with E-state index in [2.05, 4.69) is 5.10 Å². The summed E-state index contributed by atoms with van der Waals surface area (Å²) in [6.07, 6.45) is 0. The summed E-state index contributed by atoms with van der Waals surface area (Å²) in [7, 11) is 3.12. The number of rotatable bonds is 5. The Morgan fingerprint density at radius 3 is 2.41 bits per heavy atom. The number of methoxy groups -OCH3 is 2. The van der Waals surface area contributed by atoms with E-state index >= 15 is 0 Å². The van der Waals surface area contributed by atoms with Gasteiger partial charge in [0.1, 0.15) is 28.2 Å². The number of aromatic nitrogens is 3. The van der Waals surface area contributed by atoms with E-state index in [9.17, 15) is 4.79 Å². The Bertz CT molecular complexity index is 1610. The van der Waals surface area contributed by atoms with Crippen molar-refractivity contribution in [2.75, 3.05) is 20.0 Å². The molecule has 34 heavy (non-hydrogen) atoms. The van der Waals surface area contributed by atoms with Crippen LogP contribution in [-0.2, 0) is 6.54 Å². The zero-order valence-electron chi connectivity index (χ0n) is 18.4. The lowest BCUT2D eigenvalue weighted by Crippen LogP contribution is -2.22. The van der Waals surface area contributed by atoms with E-state index in [0.717, 1.165) is 22.2 Å². The number of pyridine rings is 1. The Balaban J connectivity index is 1.77. The predicted molar refractivity (Wildman–Crippen MR) is 136 cm³/mol. The highest BCUT2D eigenvalue weighted by Gasteiger charge is 2.21. The molecule has 0 radical (unpaired) electrons. The smallest absolute Gasteiger partial charge is 0.264 e. The second-order valence-electron chi connectivity index (χ2n) is 7.72. The van der Waals surface area contributed by atoms with Crippen LogP contribution in [0.3, 0.4) is 0 Å². The lowest BCUT2D eigenvalue weighted by atomic mass is 10.1. The molecule has 172 valence electrons. The summed E-state index contributed by atoms with van der Waals surface area (Å²) >= 11 is 12.7. The molecule has 2 heterocycles. The van der Waals surface area contributed by atoms with Gasteiger partial charge in [-0.25, -0.2) is 4.68 Å². The Morgan fingerprint density at radius 2 is 1.71 bits per heavy atom. The first-order valence-corrected chi connectivity index (χ1v) is 11.1. The summed E-state index contributed by atoms with van der Waals surface area (Å²) in [5.74, 6) is 1.35. The van der Waals surface area contributed by atoms with E-state index < -0.39 is 0 Å². The highest BCUT2D eigenvalue weighted by Crippen LogP contribution is 2.36. The van der Waals surface area contributed by atoms with E-state index in [-0.39, 0.29) is 11.4 Å². The summed E-state index contributed by atoms with van der Waals surface area (Å²) in [6, 6.07) is 18.4. The molecule has 0 saturated carbocycles. The van der Waals surface area contributed by atoms with Gasteiger partial charge in [-0.1, -0.05) is 53.5 Å². The number of nitrogens with zero attached hydrogens (tertiary/aromatic N) is 3. The summed E-state index contributed by atoms with van der Waals surface area (Å²) in [6.45, 7) is 0.361. The largest absolute Gasteiger partial charge is 0.497 e. The molecule has 2 N–H and O–H groups in total. The van der Waals surface area contributed by atoms with Crippen LogP contribution in [0.25, 0.3) is 27.5 Å². The number of halogens is 2. The molecule has 0 amide bonds.